The van der Waals surface area contributed by atoms with Gasteiger partial charge in [-0.15, -0.1) is 0 Å². The van der Waals surface area contributed by atoms with Crippen molar-refractivity contribution in [3.05, 3.63) is 59.2 Å². The van der Waals surface area contributed by atoms with Gasteiger partial charge in [0, 0.05) is 0 Å². The molecule has 3 rings (SSSR count). The molecule has 1 fully saturated rings. The van der Waals surface area contributed by atoms with Crippen LogP contribution in [0.3, 0.4) is 0 Å². The molecule has 0 bridgehead atoms. The van der Waals surface area contributed by atoms with E-state index >= 15 is 0 Å². The predicted octanol–water partition coefficient (Wildman–Crippen LogP) is 11.3. The van der Waals surface area contributed by atoms with Gasteiger partial charge in [0.1, 0.15) is 0 Å². The number of carbonyl (C=O) groups excluding carboxylic acids is 1. The van der Waals surface area contributed by atoms with Gasteiger partial charge < -0.3 is 9.47 Å². The fraction of sp³-hybridized carbons (Fsp3) is 0.639. The Labute approximate surface area is 247 Å². The highest BCUT2D eigenvalue weighted by molar-refractivity contribution is 5.91. The van der Waals surface area contributed by atoms with E-state index in [0.717, 1.165) is 25.2 Å². The van der Waals surface area contributed by atoms with E-state index in [4.69, 9.17) is 9.47 Å². The Balaban J connectivity index is 1.38. The molecule has 0 atom stereocenters. The Bertz CT molecular complexity index is 1010. The summed E-state index contributed by atoms with van der Waals surface area (Å²) in [5.41, 5.74) is 1.55. The minimum absolute atomic E-state index is 0.150. The van der Waals surface area contributed by atoms with Crippen molar-refractivity contribution >= 4 is 5.97 Å². The molecule has 0 radical (unpaired) electrons. The fourth-order valence-electron chi connectivity index (χ4n) is 5.99. The molecule has 228 valence electrons. The zero-order valence-corrected chi connectivity index (χ0v) is 25.5. The van der Waals surface area contributed by atoms with Crippen LogP contribution in [0.2, 0.25) is 0 Å². The standard InChI is InChI=1S/C36H52F2O3/c1-3-5-7-8-9-10-11-12-13-15-27-40-32-25-26-33(35(38)34(32)37)41-36(39)31-23-21-30(22-24-31)29-19-17-28(18-20-29)16-14-6-4-2/h21-26,28-29H,3-20,27H2,1-2H3. The van der Waals surface area contributed by atoms with Crippen LogP contribution in [-0.2, 0) is 0 Å². The Hall–Kier alpha value is -2.43. The van der Waals surface area contributed by atoms with E-state index < -0.39 is 23.4 Å². The van der Waals surface area contributed by atoms with Crippen LogP contribution in [0.1, 0.15) is 151 Å². The number of carbonyl (C=O) groups is 1. The van der Waals surface area contributed by atoms with Gasteiger partial charge in [0.25, 0.3) is 0 Å². The van der Waals surface area contributed by atoms with Crippen LogP contribution < -0.4 is 9.47 Å². The molecule has 2 aromatic carbocycles. The second-order valence-corrected chi connectivity index (χ2v) is 11.9. The van der Waals surface area contributed by atoms with E-state index in [2.05, 4.69) is 13.8 Å². The number of hydrogen-bond donors (Lipinski definition) is 0. The van der Waals surface area contributed by atoms with Crippen LogP contribution in [-0.4, -0.2) is 12.6 Å². The van der Waals surface area contributed by atoms with Gasteiger partial charge in [0.05, 0.1) is 12.2 Å². The minimum Gasteiger partial charge on any atom is -0.490 e. The molecule has 1 aliphatic carbocycles. The van der Waals surface area contributed by atoms with Crippen molar-refractivity contribution in [2.45, 2.75) is 135 Å². The molecular formula is C36H52F2O3. The number of rotatable bonds is 19. The first-order valence-corrected chi connectivity index (χ1v) is 16.5. The lowest BCUT2D eigenvalue weighted by molar-refractivity contribution is 0.0726. The number of benzene rings is 2. The molecule has 3 nitrogen and oxygen atoms in total. The van der Waals surface area contributed by atoms with Crippen molar-refractivity contribution in [1.29, 1.82) is 0 Å². The van der Waals surface area contributed by atoms with Gasteiger partial charge in [-0.1, -0.05) is 109 Å². The van der Waals surface area contributed by atoms with Gasteiger partial charge in [-0.2, -0.15) is 8.78 Å². The Kier molecular flexibility index (Phi) is 15.2. The predicted molar refractivity (Wildman–Crippen MR) is 164 cm³/mol. The smallest absolute Gasteiger partial charge is 0.343 e. The Morgan fingerprint density at radius 3 is 1.85 bits per heavy atom. The summed E-state index contributed by atoms with van der Waals surface area (Å²) in [6.07, 6.45) is 22.1. The normalized spacial score (nSPS) is 17.0. The fourth-order valence-corrected chi connectivity index (χ4v) is 5.99. The third-order valence-electron chi connectivity index (χ3n) is 8.65. The zero-order chi connectivity index (χ0) is 29.3. The third-order valence-corrected chi connectivity index (χ3v) is 8.65. The van der Waals surface area contributed by atoms with Gasteiger partial charge in [-0.05, 0) is 73.8 Å². The van der Waals surface area contributed by atoms with Crippen molar-refractivity contribution in [3.63, 3.8) is 0 Å². The van der Waals surface area contributed by atoms with E-state index in [9.17, 15) is 13.6 Å². The largest absolute Gasteiger partial charge is 0.490 e. The monoisotopic (exact) mass is 570 g/mol. The quantitative estimate of drug-likeness (QED) is 0.0957. The number of halogens is 2. The van der Waals surface area contributed by atoms with Gasteiger partial charge in [-0.3, -0.25) is 0 Å². The first-order chi connectivity index (χ1) is 20.0. The summed E-state index contributed by atoms with van der Waals surface area (Å²) in [7, 11) is 0. The van der Waals surface area contributed by atoms with E-state index in [-0.39, 0.29) is 5.75 Å². The maximum Gasteiger partial charge on any atom is 0.343 e. The topological polar surface area (TPSA) is 35.5 Å². The van der Waals surface area contributed by atoms with Crippen LogP contribution in [0.5, 0.6) is 11.5 Å². The second kappa shape index (κ2) is 18.9. The van der Waals surface area contributed by atoms with Crippen LogP contribution in [0.15, 0.2) is 36.4 Å². The Morgan fingerprint density at radius 1 is 0.683 bits per heavy atom. The molecule has 5 heteroatoms. The lowest BCUT2D eigenvalue weighted by Gasteiger charge is -2.29. The highest BCUT2D eigenvalue weighted by Crippen LogP contribution is 2.38. The number of esters is 1. The summed E-state index contributed by atoms with van der Waals surface area (Å²) in [4.78, 5) is 12.7. The second-order valence-electron chi connectivity index (χ2n) is 11.9. The lowest BCUT2D eigenvalue weighted by atomic mass is 9.77. The van der Waals surface area contributed by atoms with Crippen LogP contribution >= 0.6 is 0 Å². The van der Waals surface area contributed by atoms with Crippen molar-refractivity contribution in [2.24, 2.45) is 5.92 Å². The first kappa shape index (κ1) is 33.1. The SMILES string of the molecule is CCCCCCCCCCCCOc1ccc(OC(=O)c2ccc(C3CCC(CCCCC)CC3)cc2)c(F)c1F. The molecule has 0 spiro atoms. The number of ether oxygens (including phenoxy) is 2. The Morgan fingerprint density at radius 2 is 1.22 bits per heavy atom. The van der Waals surface area contributed by atoms with Crippen molar-refractivity contribution in [3.8, 4) is 11.5 Å². The summed E-state index contributed by atoms with van der Waals surface area (Å²) < 4.78 is 40.0. The maximum atomic E-state index is 14.7. The molecule has 0 unspecified atom stereocenters. The van der Waals surface area contributed by atoms with Gasteiger partial charge in [0.2, 0.25) is 11.6 Å². The van der Waals surface area contributed by atoms with Gasteiger partial charge >= 0.3 is 5.97 Å². The molecular weight excluding hydrogens is 518 g/mol. The molecule has 0 N–H and O–H groups in total. The molecule has 1 saturated carbocycles. The van der Waals surface area contributed by atoms with Gasteiger partial charge in [0.15, 0.2) is 11.5 Å². The molecule has 0 aromatic heterocycles. The lowest BCUT2D eigenvalue weighted by Crippen LogP contribution is -2.14. The maximum absolute atomic E-state index is 14.7. The van der Waals surface area contributed by atoms with E-state index in [1.165, 1.54) is 114 Å². The van der Waals surface area contributed by atoms with E-state index in [1.807, 2.05) is 12.1 Å². The molecule has 1 aliphatic rings. The summed E-state index contributed by atoms with van der Waals surface area (Å²) in [5, 5.41) is 0. The summed E-state index contributed by atoms with van der Waals surface area (Å²) in [6.45, 7) is 4.81. The average molecular weight is 571 g/mol. The summed E-state index contributed by atoms with van der Waals surface area (Å²) >= 11 is 0. The molecule has 0 heterocycles. The average Bonchev–Trinajstić information content (AvgIpc) is 3.00. The van der Waals surface area contributed by atoms with E-state index in [1.54, 1.807) is 12.1 Å². The highest BCUT2D eigenvalue weighted by Gasteiger charge is 2.23. The molecule has 0 aliphatic heterocycles. The molecule has 41 heavy (non-hydrogen) atoms. The third kappa shape index (κ3) is 11.4. The van der Waals surface area contributed by atoms with Crippen LogP contribution in [0.4, 0.5) is 8.78 Å². The number of unbranched alkanes of at least 4 members (excludes halogenated alkanes) is 11. The van der Waals surface area contributed by atoms with Gasteiger partial charge in [-0.25, -0.2) is 4.79 Å². The van der Waals surface area contributed by atoms with Crippen molar-refractivity contribution in [1.82, 2.24) is 0 Å². The van der Waals surface area contributed by atoms with Crippen LogP contribution in [0.25, 0.3) is 0 Å². The summed E-state index contributed by atoms with van der Waals surface area (Å²) in [6, 6.07) is 9.99. The first-order valence-electron chi connectivity index (χ1n) is 16.5. The van der Waals surface area contributed by atoms with Crippen LogP contribution in [0, 0.1) is 17.6 Å². The van der Waals surface area contributed by atoms with Crippen molar-refractivity contribution < 1.29 is 23.0 Å². The molecule has 0 amide bonds. The van der Waals surface area contributed by atoms with E-state index in [0.29, 0.717) is 18.1 Å². The molecule has 2 aromatic rings. The summed E-state index contributed by atoms with van der Waals surface area (Å²) in [5.74, 6) is -2.24. The minimum atomic E-state index is -1.20. The highest BCUT2D eigenvalue weighted by atomic mass is 19.2. The molecule has 0 saturated heterocycles. The van der Waals surface area contributed by atoms with Crippen molar-refractivity contribution in [2.75, 3.05) is 6.61 Å². The zero-order valence-electron chi connectivity index (χ0n) is 25.5. The number of hydrogen-bond acceptors (Lipinski definition) is 3.